The van der Waals surface area contributed by atoms with Crippen LogP contribution in [0.15, 0.2) is 48.6 Å². The Morgan fingerprint density at radius 3 is 1.03 bits per heavy atom. The lowest BCUT2D eigenvalue weighted by Gasteiger charge is -2.18. The van der Waals surface area contributed by atoms with Crippen LogP contribution in [0, 0.1) is 0 Å². The Bertz CT molecular complexity index is 1120. The van der Waals surface area contributed by atoms with Gasteiger partial charge < -0.3 is 14.2 Å². The minimum Gasteiger partial charge on any atom is -0.462 e. The fourth-order valence-corrected chi connectivity index (χ4v) is 8.86. The molecule has 0 aliphatic carbocycles. The summed E-state index contributed by atoms with van der Waals surface area (Å²) < 4.78 is 17.5. The van der Waals surface area contributed by atoms with Gasteiger partial charge >= 0.3 is 11.9 Å². The van der Waals surface area contributed by atoms with E-state index in [1.807, 2.05) is 0 Å². The zero-order chi connectivity index (χ0) is 49.2. The Hall–Kier alpha value is -2.14. The van der Waals surface area contributed by atoms with Crippen LogP contribution in [-0.4, -0.2) is 37.9 Å². The van der Waals surface area contributed by atoms with Crippen molar-refractivity contribution in [3.05, 3.63) is 48.6 Å². The maximum Gasteiger partial charge on any atom is 0.306 e. The van der Waals surface area contributed by atoms with Gasteiger partial charge in [0.15, 0.2) is 6.10 Å². The van der Waals surface area contributed by atoms with Crippen molar-refractivity contribution in [2.24, 2.45) is 0 Å². The Morgan fingerprint density at radius 1 is 0.324 bits per heavy atom. The van der Waals surface area contributed by atoms with E-state index in [4.69, 9.17) is 14.2 Å². The Labute approximate surface area is 424 Å². The number of unbranched alkanes of at least 4 members (excludes halogenated alkanes) is 37. The van der Waals surface area contributed by atoms with E-state index < -0.39 is 6.10 Å². The van der Waals surface area contributed by atoms with Crippen LogP contribution in [0.4, 0.5) is 0 Å². The number of allylic oxidation sites excluding steroid dienone is 8. The first-order valence-electron chi connectivity index (χ1n) is 30.2. The highest BCUT2D eigenvalue weighted by molar-refractivity contribution is 5.70. The second kappa shape index (κ2) is 59.2. The van der Waals surface area contributed by atoms with Gasteiger partial charge in [-0.2, -0.15) is 0 Å². The molecule has 0 heterocycles. The molecule has 1 atom stereocenters. The summed E-state index contributed by atoms with van der Waals surface area (Å²) in [7, 11) is 0. The van der Waals surface area contributed by atoms with Crippen LogP contribution >= 0.6 is 0 Å². The highest BCUT2D eigenvalue weighted by Gasteiger charge is 2.17. The van der Waals surface area contributed by atoms with Gasteiger partial charge in [0.1, 0.15) is 6.61 Å². The molecule has 0 fully saturated rings. The summed E-state index contributed by atoms with van der Waals surface area (Å²) in [4.78, 5) is 25.5. The molecule has 0 aromatic carbocycles. The van der Waals surface area contributed by atoms with Crippen LogP contribution in [0.2, 0.25) is 0 Å². The van der Waals surface area contributed by atoms with Crippen molar-refractivity contribution in [3.8, 4) is 0 Å². The maximum absolute atomic E-state index is 12.9. The van der Waals surface area contributed by atoms with Crippen LogP contribution in [0.3, 0.4) is 0 Å². The normalized spacial score (nSPS) is 12.5. The molecule has 0 bridgehead atoms. The van der Waals surface area contributed by atoms with E-state index in [1.165, 1.54) is 225 Å². The number of ether oxygens (including phenoxy) is 3. The maximum atomic E-state index is 12.9. The minimum absolute atomic E-state index is 0.0626. The van der Waals surface area contributed by atoms with Crippen LogP contribution in [0.5, 0.6) is 0 Å². The molecule has 0 unspecified atom stereocenters. The van der Waals surface area contributed by atoms with E-state index in [1.54, 1.807) is 0 Å². The average molecular weight is 954 g/mol. The molecule has 0 aromatic rings. The van der Waals surface area contributed by atoms with Gasteiger partial charge in [0, 0.05) is 19.4 Å². The highest BCUT2D eigenvalue weighted by atomic mass is 16.6. The van der Waals surface area contributed by atoms with E-state index in [9.17, 15) is 9.59 Å². The van der Waals surface area contributed by atoms with E-state index in [2.05, 4.69) is 69.4 Å². The molecule has 0 N–H and O–H groups in total. The fourth-order valence-electron chi connectivity index (χ4n) is 8.86. The largest absolute Gasteiger partial charge is 0.462 e. The standard InChI is InChI=1S/C63H116O5/c1-4-7-10-13-16-19-22-25-28-31-32-34-36-39-42-45-48-51-54-57-63(65)68-61(59-66-58-55-52-49-46-43-40-37-30-27-24-21-18-15-12-9-6-3)60-67-62(64)56-53-50-47-44-41-38-35-33-29-26-23-20-17-14-11-8-5-2/h17,20,26,29,35,38,44,47,61H,4-16,18-19,21-25,27-28,30-34,36-37,39-43,45-46,48-60H2,1-3H3/b20-17-,29-26-,38-35-,47-44-/t61-/m1/s1. The first-order valence-corrected chi connectivity index (χ1v) is 30.2. The van der Waals surface area contributed by atoms with E-state index in [0.29, 0.717) is 19.4 Å². The van der Waals surface area contributed by atoms with Gasteiger partial charge in [-0.05, 0) is 57.8 Å². The van der Waals surface area contributed by atoms with Crippen molar-refractivity contribution in [1.29, 1.82) is 0 Å². The van der Waals surface area contributed by atoms with Crippen molar-refractivity contribution in [1.82, 2.24) is 0 Å². The molecule has 0 saturated carbocycles. The zero-order valence-electron chi connectivity index (χ0n) is 45.9. The Morgan fingerprint density at radius 2 is 0.632 bits per heavy atom. The predicted octanol–water partition coefficient (Wildman–Crippen LogP) is 20.7. The molecular weight excluding hydrogens is 837 g/mol. The second-order valence-corrected chi connectivity index (χ2v) is 20.3. The SMILES string of the molecule is CCCCC/C=C\C/C=C\C/C=C\C/C=C\CCCC(=O)OC[C@@H](COCCCCCCCCCCCCCCCCCC)OC(=O)CCCCCCCCCCCCCCCCCCCCC. The molecule has 0 saturated heterocycles. The molecule has 0 radical (unpaired) electrons. The monoisotopic (exact) mass is 953 g/mol. The fraction of sp³-hybridized carbons (Fsp3) is 0.841. The van der Waals surface area contributed by atoms with Crippen LogP contribution in [0.1, 0.15) is 316 Å². The minimum atomic E-state index is -0.554. The van der Waals surface area contributed by atoms with Crippen molar-refractivity contribution in [2.45, 2.75) is 322 Å². The summed E-state index contributed by atoms with van der Waals surface area (Å²) >= 11 is 0. The highest BCUT2D eigenvalue weighted by Crippen LogP contribution is 2.17. The smallest absolute Gasteiger partial charge is 0.306 e. The zero-order valence-corrected chi connectivity index (χ0v) is 45.9. The summed E-state index contributed by atoms with van der Waals surface area (Å²) in [5.74, 6) is -0.442. The number of rotatable bonds is 56. The van der Waals surface area contributed by atoms with E-state index >= 15 is 0 Å². The first-order chi connectivity index (χ1) is 33.6. The molecule has 68 heavy (non-hydrogen) atoms. The second-order valence-electron chi connectivity index (χ2n) is 20.3. The molecule has 0 aliphatic rings. The molecule has 5 nitrogen and oxygen atoms in total. The molecular formula is C63H116O5. The quantitative estimate of drug-likeness (QED) is 0.0345. The van der Waals surface area contributed by atoms with Crippen molar-refractivity contribution in [3.63, 3.8) is 0 Å². The topological polar surface area (TPSA) is 61.8 Å². The van der Waals surface area contributed by atoms with E-state index in [0.717, 1.165) is 57.8 Å². The Balaban J connectivity index is 4.30. The lowest BCUT2D eigenvalue weighted by atomic mass is 10.0. The van der Waals surface area contributed by atoms with Gasteiger partial charge in [0.05, 0.1) is 6.61 Å². The third-order valence-electron chi connectivity index (χ3n) is 13.4. The van der Waals surface area contributed by atoms with Gasteiger partial charge in [-0.15, -0.1) is 0 Å². The average Bonchev–Trinajstić information content (AvgIpc) is 3.34. The van der Waals surface area contributed by atoms with E-state index in [-0.39, 0.29) is 25.2 Å². The molecule has 0 aromatic heterocycles. The number of hydrogen-bond acceptors (Lipinski definition) is 5. The van der Waals surface area contributed by atoms with Gasteiger partial charge in [0.2, 0.25) is 0 Å². The molecule has 398 valence electrons. The van der Waals surface area contributed by atoms with Crippen molar-refractivity contribution >= 4 is 11.9 Å². The van der Waals surface area contributed by atoms with Gasteiger partial charge in [-0.3, -0.25) is 9.59 Å². The Kier molecular flexibility index (Phi) is 57.3. The van der Waals surface area contributed by atoms with Crippen molar-refractivity contribution in [2.75, 3.05) is 19.8 Å². The van der Waals surface area contributed by atoms with Crippen LogP contribution in [0.25, 0.3) is 0 Å². The molecule has 5 heteroatoms. The van der Waals surface area contributed by atoms with Crippen LogP contribution < -0.4 is 0 Å². The summed E-state index contributed by atoms with van der Waals surface area (Å²) in [5, 5.41) is 0. The molecule has 0 rings (SSSR count). The number of carbonyl (C=O) groups excluding carboxylic acids is 2. The van der Waals surface area contributed by atoms with Gasteiger partial charge in [-0.1, -0.05) is 294 Å². The first kappa shape index (κ1) is 65.9. The molecule has 0 amide bonds. The summed E-state index contributed by atoms with van der Waals surface area (Å²) in [6.45, 7) is 7.81. The van der Waals surface area contributed by atoms with Crippen molar-refractivity contribution < 1.29 is 23.8 Å². The van der Waals surface area contributed by atoms with Gasteiger partial charge in [-0.25, -0.2) is 0 Å². The molecule has 0 spiro atoms. The predicted molar refractivity (Wildman–Crippen MR) is 298 cm³/mol. The third kappa shape index (κ3) is 56.4. The van der Waals surface area contributed by atoms with Gasteiger partial charge in [0.25, 0.3) is 0 Å². The number of carbonyl (C=O) groups is 2. The molecule has 0 aliphatic heterocycles. The van der Waals surface area contributed by atoms with Crippen LogP contribution in [-0.2, 0) is 23.8 Å². The summed E-state index contributed by atoms with van der Waals surface area (Å²) in [5.41, 5.74) is 0. The lowest BCUT2D eigenvalue weighted by molar-refractivity contribution is -0.163. The lowest BCUT2D eigenvalue weighted by Crippen LogP contribution is -2.30. The number of hydrogen-bond donors (Lipinski definition) is 0. The summed E-state index contributed by atoms with van der Waals surface area (Å²) in [6.07, 6.45) is 74.3. The third-order valence-corrected chi connectivity index (χ3v) is 13.4. The summed E-state index contributed by atoms with van der Waals surface area (Å²) in [6, 6.07) is 0. The number of esters is 2.